The molecule has 0 radical (unpaired) electrons. The lowest BCUT2D eigenvalue weighted by Crippen LogP contribution is -2.23. The van der Waals surface area contributed by atoms with E-state index < -0.39 is 11.6 Å². The van der Waals surface area contributed by atoms with Gasteiger partial charge in [0.1, 0.15) is 0 Å². The van der Waals surface area contributed by atoms with Gasteiger partial charge in [-0.3, -0.25) is 0 Å². The fourth-order valence-electron chi connectivity index (χ4n) is 2.64. The fourth-order valence-corrected chi connectivity index (χ4v) is 2.64. The molecule has 0 aromatic carbocycles. The molecule has 3 nitrogen and oxygen atoms in total. The van der Waals surface area contributed by atoms with Crippen molar-refractivity contribution >= 4 is 11.6 Å². The zero-order valence-electron chi connectivity index (χ0n) is 11.5. The maximum Gasteiger partial charge on any atom is 0.168 e. The molecule has 1 saturated heterocycles. The molecule has 0 spiro atoms. The molecule has 0 aliphatic carbocycles. The van der Waals surface area contributed by atoms with E-state index in [1.165, 1.54) is 0 Å². The molecule has 0 saturated carbocycles. The number of hydrogen-bond acceptors (Lipinski definition) is 3. The van der Waals surface area contributed by atoms with Crippen LogP contribution in [0.2, 0.25) is 0 Å². The maximum absolute atomic E-state index is 13.9. The van der Waals surface area contributed by atoms with E-state index >= 15 is 0 Å². The summed E-state index contributed by atoms with van der Waals surface area (Å²) in [6.07, 6.45) is 3.35. The van der Waals surface area contributed by atoms with Gasteiger partial charge in [0.15, 0.2) is 23.3 Å². The molecule has 106 valence electrons. The smallest absolute Gasteiger partial charge is 0.168 e. The highest BCUT2D eigenvalue weighted by atomic mass is 19.1. The van der Waals surface area contributed by atoms with Gasteiger partial charge in [-0.25, -0.2) is 13.8 Å². The number of pyridine rings is 1. The van der Waals surface area contributed by atoms with Crippen LogP contribution >= 0.6 is 0 Å². The molecule has 1 N–H and O–H groups in total. The minimum absolute atomic E-state index is 0.137. The van der Waals surface area contributed by atoms with Crippen molar-refractivity contribution in [3.8, 4) is 0 Å². The summed E-state index contributed by atoms with van der Waals surface area (Å²) in [6, 6.07) is 0.924. The second-order valence-corrected chi connectivity index (χ2v) is 5.04. The summed E-state index contributed by atoms with van der Waals surface area (Å²) in [6.45, 7) is 6.19. The van der Waals surface area contributed by atoms with Crippen LogP contribution in [-0.4, -0.2) is 24.6 Å². The molecule has 2 heterocycles. The topological polar surface area (TPSA) is 28.2 Å². The molecular weight excluding hydrogens is 248 g/mol. The zero-order chi connectivity index (χ0) is 13.8. The third-order valence-electron chi connectivity index (χ3n) is 3.54. The van der Waals surface area contributed by atoms with Crippen LogP contribution in [0.3, 0.4) is 0 Å². The maximum atomic E-state index is 13.9. The van der Waals surface area contributed by atoms with E-state index in [1.807, 2.05) is 11.8 Å². The Morgan fingerprint density at radius 2 is 2.16 bits per heavy atom. The van der Waals surface area contributed by atoms with Crippen LogP contribution in [0.4, 0.5) is 20.4 Å². The second-order valence-electron chi connectivity index (χ2n) is 5.04. The number of rotatable bonds is 5. The van der Waals surface area contributed by atoms with Gasteiger partial charge in [-0.1, -0.05) is 13.3 Å². The van der Waals surface area contributed by atoms with Gasteiger partial charge in [-0.15, -0.1) is 0 Å². The average molecular weight is 269 g/mol. The first-order chi connectivity index (χ1) is 9.15. The number of anilines is 2. The molecule has 5 heteroatoms. The Balaban J connectivity index is 2.18. The van der Waals surface area contributed by atoms with E-state index in [0.717, 1.165) is 38.4 Å². The van der Waals surface area contributed by atoms with Crippen molar-refractivity contribution in [1.29, 1.82) is 0 Å². The summed E-state index contributed by atoms with van der Waals surface area (Å²) in [5.41, 5.74) is 0. The Labute approximate surface area is 113 Å². The molecular formula is C14H21F2N3. The molecule has 19 heavy (non-hydrogen) atoms. The molecule has 1 aliphatic rings. The molecule has 2 rings (SSSR count). The van der Waals surface area contributed by atoms with Crippen molar-refractivity contribution in [2.24, 2.45) is 5.92 Å². The van der Waals surface area contributed by atoms with E-state index in [0.29, 0.717) is 12.5 Å². The Bertz CT molecular complexity index is 437. The number of hydrogen-bond donors (Lipinski definition) is 1. The van der Waals surface area contributed by atoms with Crippen LogP contribution in [-0.2, 0) is 0 Å². The first kappa shape index (κ1) is 14.0. The van der Waals surface area contributed by atoms with Crippen LogP contribution < -0.4 is 10.2 Å². The van der Waals surface area contributed by atoms with Crippen molar-refractivity contribution in [2.45, 2.75) is 33.1 Å². The van der Waals surface area contributed by atoms with Crippen LogP contribution in [0, 0.1) is 17.6 Å². The summed E-state index contributed by atoms with van der Waals surface area (Å²) in [7, 11) is 0. The lowest BCUT2D eigenvalue weighted by Gasteiger charge is -2.19. The van der Waals surface area contributed by atoms with E-state index in [4.69, 9.17) is 0 Å². The van der Waals surface area contributed by atoms with Crippen molar-refractivity contribution in [3.63, 3.8) is 0 Å². The highest BCUT2D eigenvalue weighted by Crippen LogP contribution is 2.29. The van der Waals surface area contributed by atoms with Crippen molar-refractivity contribution in [3.05, 3.63) is 17.7 Å². The lowest BCUT2D eigenvalue weighted by atomic mass is 10.0. The largest absolute Gasteiger partial charge is 0.368 e. The first-order valence-corrected chi connectivity index (χ1v) is 7.00. The van der Waals surface area contributed by atoms with Crippen molar-refractivity contribution in [2.75, 3.05) is 29.9 Å². The molecule has 1 atom stereocenters. The Morgan fingerprint density at radius 1 is 1.37 bits per heavy atom. The molecule has 0 amide bonds. The summed E-state index contributed by atoms with van der Waals surface area (Å²) in [5, 5.41) is 2.82. The van der Waals surface area contributed by atoms with Crippen molar-refractivity contribution < 1.29 is 8.78 Å². The third kappa shape index (κ3) is 3.14. The summed E-state index contributed by atoms with van der Waals surface area (Å²) < 4.78 is 27.4. The van der Waals surface area contributed by atoms with Gasteiger partial charge >= 0.3 is 0 Å². The quantitative estimate of drug-likeness (QED) is 0.887. The van der Waals surface area contributed by atoms with Crippen LogP contribution in [0.5, 0.6) is 0 Å². The van der Waals surface area contributed by atoms with E-state index in [9.17, 15) is 8.78 Å². The molecule has 0 bridgehead atoms. The first-order valence-electron chi connectivity index (χ1n) is 7.00. The van der Waals surface area contributed by atoms with Crippen LogP contribution in [0.15, 0.2) is 6.07 Å². The second kappa shape index (κ2) is 6.17. The van der Waals surface area contributed by atoms with Crippen LogP contribution in [0.1, 0.15) is 33.1 Å². The van der Waals surface area contributed by atoms with Gasteiger partial charge in [-0.05, 0) is 25.7 Å². The standard InChI is InChI=1S/C14H21F2N3/c1-3-5-10-6-7-19(9-10)14-12(16)8-11(15)13(18-14)17-4-2/h8,10H,3-7,9H2,1-2H3,(H,17,18). The minimum atomic E-state index is -0.632. The Morgan fingerprint density at radius 3 is 2.84 bits per heavy atom. The summed E-state index contributed by atoms with van der Waals surface area (Å²) >= 11 is 0. The van der Waals surface area contributed by atoms with Gasteiger partial charge in [0.2, 0.25) is 0 Å². The van der Waals surface area contributed by atoms with Crippen LogP contribution in [0.25, 0.3) is 0 Å². The van der Waals surface area contributed by atoms with Gasteiger partial charge < -0.3 is 10.2 Å². The summed E-state index contributed by atoms with van der Waals surface area (Å²) in [5.74, 6) is -0.198. The lowest BCUT2D eigenvalue weighted by molar-refractivity contribution is 0.527. The minimum Gasteiger partial charge on any atom is -0.368 e. The number of nitrogens with one attached hydrogen (secondary N) is 1. The van der Waals surface area contributed by atoms with Crippen molar-refractivity contribution in [1.82, 2.24) is 4.98 Å². The third-order valence-corrected chi connectivity index (χ3v) is 3.54. The summed E-state index contributed by atoms with van der Waals surface area (Å²) in [4.78, 5) is 6.03. The highest BCUT2D eigenvalue weighted by Gasteiger charge is 2.26. The van der Waals surface area contributed by atoms with Gasteiger partial charge in [0, 0.05) is 25.7 Å². The highest BCUT2D eigenvalue weighted by molar-refractivity contribution is 5.49. The van der Waals surface area contributed by atoms with E-state index in [-0.39, 0.29) is 11.6 Å². The number of halogens is 2. The number of nitrogens with zero attached hydrogens (tertiary/aromatic N) is 2. The molecule has 1 fully saturated rings. The normalized spacial score (nSPS) is 18.9. The van der Waals surface area contributed by atoms with Gasteiger partial charge in [0.25, 0.3) is 0 Å². The monoisotopic (exact) mass is 269 g/mol. The molecule has 1 unspecified atom stereocenters. The SMILES string of the molecule is CCCC1CCN(c2nc(NCC)c(F)cc2F)C1. The predicted molar refractivity (Wildman–Crippen MR) is 73.5 cm³/mol. The number of aromatic nitrogens is 1. The van der Waals surface area contributed by atoms with Gasteiger partial charge in [0.05, 0.1) is 0 Å². The average Bonchev–Trinajstić information content (AvgIpc) is 2.82. The van der Waals surface area contributed by atoms with E-state index in [2.05, 4.69) is 17.2 Å². The Hall–Kier alpha value is -1.39. The van der Waals surface area contributed by atoms with Gasteiger partial charge in [-0.2, -0.15) is 0 Å². The Kier molecular flexibility index (Phi) is 4.56. The molecule has 1 aromatic heterocycles. The zero-order valence-corrected chi connectivity index (χ0v) is 11.5. The van der Waals surface area contributed by atoms with E-state index in [1.54, 1.807) is 0 Å². The predicted octanol–water partition coefficient (Wildman–Crippen LogP) is 3.42. The molecule has 1 aliphatic heterocycles. The fraction of sp³-hybridized carbons (Fsp3) is 0.643. The molecule has 1 aromatic rings.